The molecule has 3 rings (SSSR count). The zero-order valence-corrected chi connectivity index (χ0v) is 14.2. The summed E-state index contributed by atoms with van der Waals surface area (Å²) in [6.07, 6.45) is 5.28. The van der Waals surface area contributed by atoms with Gasteiger partial charge in [-0.1, -0.05) is 17.7 Å². The van der Waals surface area contributed by atoms with Gasteiger partial charge in [-0.05, 0) is 57.3 Å². The summed E-state index contributed by atoms with van der Waals surface area (Å²) >= 11 is 5.79. The number of carbonyl (C=O) groups is 1. The molecular weight excluding hydrogens is 315 g/mol. The van der Waals surface area contributed by atoms with Gasteiger partial charge in [0, 0.05) is 36.1 Å². The fourth-order valence-electron chi connectivity index (χ4n) is 3.60. The van der Waals surface area contributed by atoms with E-state index in [0.29, 0.717) is 23.0 Å². The van der Waals surface area contributed by atoms with Gasteiger partial charge in [-0.3, -0.25) is 9.69 Å². The summed E-state index contributed by atoms with van der Waals surface area (Å²) in [5, 5.41) is 0.428. The van der Waals surface area contributed by atoms with Crippen LogP contribution >= 0.6 is 11.6 Å². The van der Waals surface area contributed by atoms with E-state index >= 15 is 0 Å². The van der Waals surface area contributed by atoms with Gasteiger partial charge in [0.05, 0.1) is 0 Å². The second-order valence-corrected chi connectivity index (χ2v) is 7.11. The fraction of sp³-hybridized carbons (Fsp3) is 0.611. The number of amides is 1. The molecule has 1 aromatic rings. The third-order valence-electron chi connectivity index (χ3n) is 5.01. The molecule has 2 fully saturated rings. The number of hydrogen-bond donors (Lipinski definition) is 0. The summed E-state index contributed by atoms with van der Waals surface area (Å²) in [4.78, 5) is 16.8. The smallest absolute Gasteiger partial charge is 0.225 e. The van der Waals surface area contributed by atoms with Gasteiger partial charge in [-0.2, -0.15) is 0 Å². The Kier molecular flexibility index (Phi) is 5.54. The van der Waals surface area contributed by atoms with Crippen LogP contribution in [0.25, 0.3) is 0 Å². The van der Waals surface area contributed by atoms with Crippen molar-refractivity contribution >= 4 is 17.5 Å². The molecule has 2 aliphatic heterocycles. The molecule has 3 nitrogen and oxygen atoms in total. The normalized spacial score (nSPS) is 20.7. The predicted octanol–water partition coefficient (Wildman–Crippen LogP) is 3.70. The van der Waals surface area contributed by atoms with Gasteiger partial charge in [0.15, 0.2) is 0 Å². The highest BCUT2D eigenvalue weighted by atomic mass is 35.5. The standard InChI is InChI=1S/C18H24ClFN2O/c19-16-5-4-15(17(20)12-16)13-21-10-6-14(7-11-21)18(23)22-8-2-1-3-9-22/h4-5,12,14H,1-3,6-11,13H2. The van der Waals surface area contributed by atoms with Gasteiger partial charge in [0.25, 0.3) is 0 Å². The van der Waals surface area contributed by atoms with Crippen LogP contribution in [0, 0.1) is 11.7 Å². The monoisotopic (exact) mass is 338 g/mol. The molecule has 0 radical (unpaired) electrons. The third kappa shape index (κ3) is 4.24. The minimum Gasteiger partial charge on any atom is -0.342 e. The molecule has 5 heteroatoms. The van der Waals surface area contributed by atoms with Gasteiger partial charge in [-0.25, -0.2) is 4.39 Å². The third-order valence-corrected chi connectivity index (χ3v) is 5.25. The van der Waals surface area contributed by atoms with Crippen LogP contribution in [0.5, 0.6) is 0 Å². The van der Waals surface area contributed by atoms with Crippen LogP contribution in [0.2, 0.25) is 5.02 Å². The second-order valence-electron chi connectivity index (χ2n) is 6.67. The molecule has 0 aromatic heterocycles. The molecule has 1 aromatic carbocycles. The predicted molar refractivity (Wildman–Crippen MR) is 89.8 cm³/mol. The Morgan fingerprint density at radius 3 is 2.48 bits per heavy atom. The fourth-order valence-corrected chi connectivity index (χ4v) is 3.76. The number of likely N-dealkylation sites (tertiary alicyclic amines) is 2. The first-order valence-corrected chi connectivity index (χ1v) is 8.96. The average molecular weight is 339 g/mol. The van der Waals surface area contributed by atoms with Crippen molar-refractivity contribution in [2.75, 3.05) is 26.2 Å². The van der Waals surface area contributed by atoms with Crippen molar-refractivity contribution in [2.45, 2.75) is 38.6 Å². The molecule has 2 aliphatic rings. The molecule has 0 N–H and O–H groups in total. The maximum atomic E-state index is 13.9. The van der Waals surface area contributed by atoms with Crippen molar-refractivity contribution in [1.82, 2.24) is 9.80 Å². The van der Waals surface area contributed by atoms with Crippen molar-refractivity contribution < 1.29 is 9.18 Å². The number of nitrogens with zero attached hydrogens (tertiary/aromatic N) is 2. The lowest BCUT2D eigenvalue weighted by Crippen LogP contribution is -2.44. The molecule has 126 valence electrons. The Morgan fingerprint density at radius 2 is 1.83 bits per heavy atom. The SMILES string of the molecule is O=C(C1CCN(Cc2ccc(Cl)cc2F)CC1)N1CCCCC1. The highest BCUT2D eigenvalue weighted by Gasteiger charge is 2.29. The molecule has 0 unspecified atom stereocenters. The topological polar surface area (TPSA) is 23.6 Å². The number of benzene rings is 1. The summed E-state index contributed by atoms with van der Waals surface area (Å²) in [6, 6.07) is 4.85. The van der Waals surface area contributed by atoms with Gasteiger partial charge < -0.3 is 4.90 Å². The maximum Gasteiger partial charge on any atom is 0.225 e. The minimum absolute atomic E-state index is 0.152. The Morgan fingerprint density at radius 1 is 1.13 bits per heavy atom. The summed E-state index contributed by atoms with van der Waals surface area (Å²) in [7, 11) is 0. The van der Waals surface area contributed by atoms with E-state index in [2.05, 4.69) is 4.90 Å². The lowest BCUT2D eigenvalue weighted by molar-refractivity contribution is -0.138. The van der Waals surface area contributed by atoms with Gasteiger partial charge in [-0.15, -0.1) is 0 Å². The molecule has 2 saturated heterocycles. The molecule has 0 saturated carbocycles. The number of hydrogen-bond acceptors (Lipinski definition) is 2. The first kappa shape index (κ1) is 16.7. The Labute approximate surface area is 142 Å². The average Bonchev–Trinajstić information content (AvgIpc) is 2.58. The van der Waals surface area contributed by atoms with E-state index in [1.807, 2.05) is 4.90 Å². The van der Waals surface area contributed by atoms with E-state index in [1.54, 1.807) is 12.1 Å². The van der Waals surface area contributed by atoms with Crippen LogP contribution in [0.1, 0.15) is 37.7 Å². The number of carbonyl (C=O) groups excluding carboxylic acids is 1. The highest BCUT2D eigenvalue weighted by molar-refractivity contribution is 6.30. The molecule has 0 spiro atoms. The Balaban J connectivity index is 1.51. The van der Waals surface area contributed by atoms with E-state index in [-0.39, 0.29) is 11.7 Å². The van der Waals surface area contributed by atoms with Crippen LogP contribution in [0.3, 0.4) is 0 Å². The summed E-state index contributed by atoms with van der Waals surface area (Å²) in [5.74, 6) is 0.241. The lowest BCUT2D eigenvalue weighted by atomic mass is 9.94. The van der Waals surface area contributed by atoms with E-state index in [9.17, 15) is 9.18 Å². The molecule has 2 heterocycles. The van der Waals surface area contributed by atoms with Gasteiger partial charge in [0.1, 0.15) is 5.82 Å². The van der Waals surface area contributed by atoms with Crippen molar-refractivity contribution in [3.63, 3.8) is 0 Å². The zero-order chi connectivity index (χ0) is 16.2. The highest BCUT2D eigenvalue weighted by Crippen LogP contribution is 2.24. The van der Waals surface area contributed by atoms with Crippen molar-refractivity contribution in [3.8, 4) is 0 Å². The van der Waals surface area contributed by atoms with E-state index in [0.717, 1.165) is 51.9 Å². The van der Waals surface area contributed by atoms with E-state index < -0.39 is 0 Å². The number of halogens is 2. The quantitative estimate of drug-likeness (QED) is 0.839. The van der Waals surface area contributed by atoms with Crippen molar-refractivity contribution in [3.05, 3.63) is 34.6 Å². The van der Waals surface area contributed by atoms with Crippen LogP contribution in [-0.2, 0) is 11.3 Å². The first-order valence-electron chi connectivity index (χ1n) is 8.58. The van der Waals surface area contributed by atoms with Crippen LogP contribution in [0.15, 0.2) is 18.2 Å². The number of piperidine rings is 2. The molecule has 23 heavy (non-hydrogen) atoms. The largest absolute Gasteiger partial charge is 0.342 e. The molecular formula is C18H24ClFN2O. The van der Waals surface area contributed by atoms with E-state index in [4.69, 9.17) is 11.6 Å². The van der Waals surface area contributed by atoms with Crippen molar-refractivity contribution in [2.24, 2.45) is 5.92 Å². The van der Waals surface area contributed by atoms with Crippen molar-refractivity contribution in [1.29, 1.82) is 0 Å². The van der Waals surface area contributed by atoms with Crippen LogP contribution < -0.4 is 0 Å². The van der Waals surface area contributed by atoms with Gasteiger partial charge in [0.2, 0.25) is 5.91 Å². The molecule has 1 amide bonds. The first-order chi connectivity index (χ1) is 11.1. The molecule has 0 atom stereocenters. The molecule has 0 aliphatic carbocycles. The second kappa shape index (κ2) is 7.63. The minimum atomic E-state index is -0.246. The number of rotatable bonds is 3. The maximum absolute atomic E-state index is 13.9. The summed E-state index contributed by atoms with van der Waals surface area (Å²) < 4.78 is 13.9. The van der Waals surface area contributed by atoms with Gasteiger partial charge >= 0.3 is 0 Å². The van der Waals surface area contributed by atoms with Crippen LogP contribution in [0.4, 0.5) is 4.39 Å². The molecule has 0 bridgehead atoms. The summed E-state index contributed by atoms with van der Waals surface area (Å²) in [6.45, 7) is 4.15. The Hall–Kier alpha value is -1.13. The zero-order valence-electron chi connectivity index (χ0n) is 13.4. The Bertz CT molecular complexity index is 552. The summed E-state index contributed by atoms with van der Waals surface area (Å²) in [5.41, 5.74) is 0.676. The van der Waals surface area contributed by atoms with Crippen LogP contribution in [-0.4, -0.2) is 41.9 Å². The lowest BCUT2D eigenvalue weighted by Gasteiger charge is -2.35. The van der Waals surface area contributed by atoms with E-state index in [1.165, 1.54) is 12.5 Å².